The second-order valence-electron chi connectivity index (χ2n) is 3.93. The first-order valence-corrected chi connectivity index (χ1v) is 6.38. The topological polar surface area (TPSA) is 80.9 Å². The molecule has 5 nitrogen and oxygen atoms in total. The number of hydrogen-bond donors (Lipinski definition) is 2. The van der Waals surface area contributed by atoms with Crippen LogP contribution in [0.2, 0.25) is 0 Å². The molecule has 0 bridgehead atoms. The molecule has 6 heteroatoms. The van der Waals surface area contributed by atoms with Gasteiger partial charge in [0.05, 0.1) is 5.69 Å². The van der Waals surface area contributed by atoms with E-state index >= 15 is 0 Å². The van der Waals surface area contributed by atoms with Crippen LogP contribution < -0.4 is 11.1 Å². The number of nitrogen functional groups attached to an aromatic ring is 1. The molecule has 18 heavy (non-hydrogen) atoms. The lowest BCUT2D eigenvalue weighted by atomic mass is 10.1. The first-order chi connectivity index (χ1) is 8.61. The van der Waals surface area contributed by atoms with Gasteiger partial charge in [0.15, 0.2) is 0 Å². The lowest BCUT2D eigenvalue weighted by molar-refractivity contribution is 0.102. The van der Waals surface area contributed by atoms with E-state index in [0.717, 1.165) is 28.5 Å². The second kappa shape index (κ2) is 5.14. The van der Waals surface area contributed by atoms with Crippen LogP contribution in [0.1, 0.15) is 27.9 Å². The molecule has 0 radical (unpaired) electrons. The third-order valence-electron chi connectivity index (χ3n) is 2.61. The zero-order valence-electron chi connectivity index (χ0n) is 10.2. The Morgan fingerprint density at radius 2 is 2.28 bits per heavy atom. The summed E-state index contributed by atoms with van der Waals surface area (Å²) in [5.41, 5.74) is 8.73. The van der Waals surface area contributed by atoms with Crippen molar-refractivity contribution in [3.8, 4) is 0 Å². The van der Waals surface area contributed by atoms with Crippen LogP contribution in [0, 0.1) is 6.92 Å². The number of rotatable bonds is 3. The zero-order chi connectivity index (χ0) is 13.1. The van der Waals surface area contributed by atoms with Gasteiger partial charge in [0, 0.05) is 11.4 Å². The third kappa shape index (κ3) is 2.48. The molecule has 0 saturated carbocycles. The molecule has 0 aliphatic carbocycles. The molecule has 2 aromatic rings. The molecule has 0 aliphatic heterocycles. The van der Waals surface area contributed by atoms with Gasteiger partial charge in [-0.25, -0.2) is 0 Å². The molecular weight excluding hydrogens is 248 g/mol. The minimum atomic E-state index is -0.185. The summed E-state index contributed by atoms with van der Waals surface area (Å²) < 4.78 is 3.80. The van der Waals surface area contributed by atoms with E-state index in [4.69, 9.17) is 5.73 Å². The number of anilines is 2. The second-order valence-corrected chi connectivity index (χ2v) is 4.68. The molecule has 94 valence electrons. The summed E-state index contributed by atoms with van der Waals surface area (Å²) in [7, 11) is 0. The number of hydrogen-bond acceptors (Lipinski definition) is 5. The van der Waals surface area contributed by atoms with E-state index in [1.165, 1.54) is 0 Å². The highest BCUT2D eigenvalue weighted by atomic mass is 32.1. The standard InChI is InChI=1S/C12H14N4OS/c1-3-9-11(18-16-15-9)12(17)14-10-6-8(13)5-4-7(10)2/h4-6H,3,13H2,1-2H3,(H,14,17). The predicted molar refractivity (Wildman–Crippen MR) is 72.8 cm³/mol. The fraction of sp³-hybridized carbons (Fsp3) is 0.250. The third-order valence-corrected chi connectivity index (χ3v) is 3.37. The summed E-state index contributed by atoms with van der Waals surface area (Å²) in [6.45, 7) is 3.86. The van der Waals surface area contributed by atoms with Crippen LogP contribution in [-0.4, -0.2) is 15.5 Å². The number of carbonyl (C=O) groups is 1. The van der Waals surface area contributed by atoms with Crippen LogP contribution >= 0.6 is 11.5 Å². The van der Waals surface area contributed by atoms with Gasteiger partial charge in [-0.15, -0.1) is 5.10 Å². The Bertz CT molecular complexity index is 579. The van der Waals surface area contributed by atoms with E-state index in [1.807, 2.05) is 19.9 Å². The van der Waals surface area contributed by atoms with Gasteiger partial charge in [-0.05, 0) is 42.6 Å². The first-order valence-electron chi connectivity index (χ1n) is 5.60. The van der Waals surface area contributed by atoms with Crippen molar-refractivity contribution in [1.82, 2.24) is 9.59 Å². The fourth-order valence-corrected chi connectivity index (χ4v) is 2.21. The van der Waals surface area contributed by atoms with Crippen molar-refractivity contribution in [1.29, 1.82) is 0 Å². The number of nitrogens with two attached hydrogens (primary N) is 1. The maximum atomic E-state index is 12.1. The Balaban J connectivity index is 2.24. The highest BCUT2D eigenvalue weighted by Gasteiger charge is 2.15. The highest BCUT2D eigenvalue weighted by Crippen LogP contribution is 2.20. The van der Waals surface area contributed by atoms with E-state index in [9.17, 15) is 4.79 Å². The largest absolute Gasteiger partial charge is 0.399 e. The number of aryl methyl sites for hydroxylation is 2. The van der Waals surface area contributed by atoms with Gasteiger partial charge in [0.2, 0.25) is 0 Å². The molecule has 0 aliphatic rings. The van der Waals surface area contributed by atoms with Crippen molar-refractivity contribution in [3.63, 3.8) is 0 Å². The van der Waals surface area contributed by atoms with E-state index < -0.39 is 0 Å². The normalized spacial score (nSPS) is 10.3. The first kappa shape index (κ1) is 12.5. The molecule has 1 aromatic heterocycles. The summed E-state index contributed by atoms with van der Waals surface area (Å²) >= 11 is 1.11. The lowest BCUT2D eigenvalue weighted by Gasteiger charge is -2.08. The predicted octanol–water partition coefficient (Wildman–Crippen LogP) is 2.24. The van der Waals surface area contributed by atoms with Crippen molar-refractivity contribution in [2.45, 2.75) is 20.3 Å². The quantitative estimate of drug-likeness (QED) is 0.831. The van der Waals surface area contributed by atoms with E-state index in [2.05, 4.69) is 14.9 Å². The molecule has 0 atom stereocenters. The molecule has 0 fully saturated rings. The molecule has 1 aromatic carbocycles. The number of carbonyl (C=O) groups excluding carboxylic acids is 1. The average Bonchev–Trinajstić information content (AvgIpc) is 2.82. The van der Waals surface area contributed by atoms with Crippen LogP contribution in [0.25, 0.3) is 0 Å². The Kier molecular flexibility index (Phi) is 3.57. The molecule has 3 N–H and O–H groups in total. The summed E-state index contributed by atoms with van der Waals surface area (Å²) in [5.74, 6) is -0.185. The van der Waals surface area contributed by atoms with E-state index in [1.54, 1.807) is 12.1 Å². The number of nitrogens with one attached hydrogen (secondary N) is 1. The van der Waals surface area contributed by atoms with Crippen molar-refractivity contribution in [2.75, 3.05) is 11.1 Å². The Hall–Kier alpha value is -1.95. The Morgan fingerprint density at radius 1 is 1.50 bits per heavy atom. The average molecular weight is 262 g/mol. The van der Waals surface area contributed by atoms with E-state index in [-0.39, 0.29) is 5.91 Å². The molecule has 1 amide bonds. The van der Waals surface area contributed by atoms with Gasteiger partial charge in [-0.3, -0.25) is 4.79 Å². The summed E-state index contributed by atoms with van der Waals surface area (Å²) in [5, 5.41) is 6.76. The molecule has 0 spiro atoms. The van der Waals surface area contributed by atoms with Gasteiger partial charge in [-0.2, -0.15) is 0 Å². The smallest absolute Gasteiger partial charge is 0.269 e. The maximum absolute atomic E-state index is 12.1. The molecule has 0 saturated heterocycles. The SMILES string of the molecule is CCc1nnsc1C(=O)Nc1cc(N)ccc1C. The summed E-state index contributed by atoms with van der Waals surface area (Å²) in [6.07, 6.45) is 0.690. The monoisotopic (exact) mass is 262 g/mol. The lowest BCUT2D eigenvalue weighted by Crippen LogP contribution is -2.13. The van der Waals surface area contributed by atoms with Gasteiger partial charge in [0.1, 0.15) is 4.88 Å². The van der Waals surface area contributed by atoms with Crippen molar-refractivity contribution in [2.24, 2.45) is 0 Å². The van der Waals surface area contributed by atoms with Crippen molar-refractivity contribution in [3.05, 3.63) is 34.3 Å². The van der Waals surface area contributed by atoms with Gasteiger partial charge >= 0.3 is 0 Å². The van der Waals surface area contributed by atoms with E-state index in [0.29, 0.717) is 17.0 Å². The van der Waals surface area contributed by atoms with Crippen LogP contribution in [0.3, 0.4) is 0 Å². The van der Waals surface area contributed by atoms with Crippen LogP contribution in [0.4, 0.5) is 11.4 Å². The Morgan fingerprint density at radius 3 is 3.00 bits per heavy atom. The number of aromatic nitrogens is 2. The van der Waals surface area contributed by atoms with Gasteiger partial charge in [0.25, 0.3) is 5.91 Å². The molecule has 2 rings (SSSR count). The number of nitrogens with zero attached hydrogens (tertiary/aromatic N) is 2. The molecule has 0 unspecified atom stereocenters. The summed E-state index contributed by atoms with van der Waals surface area (Å²) in [4.78, 5) is 12.7. The Labute approximate surface area is 109 Å². The molecular formula is C12H14N4OS. The van der Waals surface area contributed by atoms with Gasteiger partial charge < -0.3 is 11.1 Å². The molecule has 1 heterocycles. The minimum Gasteiger partial charge on any atom is -0.399 e. The van der Waals surface area contributed by atoms with Crippen molar-refractivity contribution >= 4 is 28.8 Å². The number of amides is 1. The van der Waals surface area contributed by atoms with Crippen LogP contribution in [0.5, 0.6) is 0 Å². The maximum Gasteiger partial charge on any atom is 0.269 e. The van der Waals surface area contributed by atoms with Crippen LogP contribution in [0.15, 0.2) is 18.2 Å². The van der Waals surface area contributed by atoms with Crippen LogP contribution in [-0.2, 0) is 6.42 Å². The van der Waals surface area contributed by atoms with Crippen molar-refractivity contribution < 1.29 is 4.79 Å². The number of benzene rings is 1. The fourth-order valence-electron chi connectivity index (χ4n) is 1.57. The summed E-state index contributed by atoms with van der Waals surface area (Å²) in [6, 6.07) is 5.42. The highest BCUT2D eigenvalue weighted by molar-refractivity contribution is 7.08. The zero-order valence-corrected chi connectivity index (χ0v) is 11.0. The minimum absolute atomic E-state index is 0.185. The van der Waals surface area contributed by atoms with Gasteiger partial charge in [-0.1, -0.05) is 17.5 Å².